The zero-order valence-corrected chi connectivity index (χ0v) is 9.90. The number of para-hydroxylation sites is 1. The Balaban J connectivity index is 0.00000225. The van der Waals surface area contributed by atoms with Gasteiger partial charge in [0.15, 0.2) is 0 Å². The maximum Gasteiger partial charge on any atom is 0.437 e. The smallest absolute Gasteiger partial charge is 0.326 e. The second kappa shape index (κ2) is 6.40. The highest BCUT2D eigenvalue weighted by Crippen LogP contribution is 2.50. The van der Waals surface area contributed by atoms with Crippen LogP contribution < -0.4 is 5.09 Å². The monoisotopic (exact) mass is 287 g/mol. The second-order valence-corrected chi connectivity index (χ2v) is 5.40. The van der Waals surface area contributed by atoms with Crippen LogP contribution in [0.5, 0.6) is 0 Å². The molecule has 0 saturated heterocycles. The molecule has 0 spiro atoms. The second-order valence-electron chi connectivity index (χ2n) is 2.47. The first-order chi connectivity index (χ1) is 6.91. The minimum atomic E-state index is -4.35. The Labute approximate surface area is 98.8 Å². The van der Waals surface area contributed by atoms with E-state index in [9.17, 15) is 9.13 Å². The summed E-state index contributed by atoms with van der Waals surface area (Å²) >= 11 is 5.68. The van der Waals surface area contributed by atoms with Crippen molar-refractivity contribution >= 4 is 33.3 Å². The molecule has 0 heterocycles. The number of hydrogen-bond donors (Lipinski definition) is 3. The molecule has 0 aliphatic carbocycles. The van der Waals surface area contributed by atoms with Crippen molar-refractivity contribution in [1.82, 2.24) is 0 Å². The van der Waals surface area contributed by atoms with Crippen LogP contribution in [-0.2, 0) is 13.4 Å². The van der Waals surface area contributed by atoms with Gasteiger partial charge >= 0.3 is 16.0 Å². The Bertz CT molecular complexity index is 427. The van der Waals surface area contributed by atoms with Gasteiger partial charge in [-0.3, -0.25) is 9.65 Å². The summed E-state index contributed by atoms with van der Waals surface area (Å²) in [5.41, 5.74) is 0.147. The van der Waals surface area contributed by atoms with Gasteiger partial charge in [-0.05, 0) is 12.1 Å². The SMILES string of the molecule is C.O=[PH](O)OP(=O)(O)Nc1ccccc1Cl. The van der Waals surface area contributed by atoms with Crippen molar-refractivity contribution in [3.05, 3.63) is 29.3 Å². The quantitative estimate of drug-likeness (QED) is 0.737. The van der Waals surface area contributed by atoms with Crippen molar-refractivity contribution < 1.29 is 23.2 Å². The highest BCUT2D eigenvalue weighted by Gasteiger charge is 2.22. The molecular formula is C7H12ClNO5P2. The van der Waals surface area contributed by atoms with E-state index in [-0.39, 0.29) is 18.1 Å². The van der Waals surface area contributed by atoms with Crippen molar-refractivity contribution in [2.45, 2.75) is 7.43 Å². The fraction of sp³-hybridized carbons (Fsp3) is 0.143. The van der Waals surface area contributed by atoms with Crippen LogP contribution in [-0.4, -0.2) is 9.79 Å². The fourth-order valence-electron chi connectivity index (χ4n) is 0.833. The van der Waals surface area contributed by atoms with Crippen LogP contribution in [0.2, 0.25) is 5.02 Å². The Kier molecular flexibility index (Phi) is 6.26. The van der Waals surface area contributed by atoms with E-state index in [0.29, 0.717) is 0 Å². The summed E-state index contributed by atoms with van der Waals surface area (Å²) in [6, 6.07) is 6.14. The van der Waals surface area contributed by atoms with Gasteiger partial charge in [-0.25, -0.2) is 8.88 Å². The summed E-state index contributed by atoms with van der Waals surface area (Å²) in [7, 11) is -7.84. The normalized spacial score (nSPS) is 15.7. The van der Waals surface area contributed by atoms with Crippen molar-refractivity contribution in [1.29, 1.82) is 0 Å². The highest BCUT2D eigenvalue weighted by atomic mass is 35.5. The molecule has 2 unspecified atom stereocenters. The lowest BCUT2D eigenvalue weighted by atomic mass is 10.3. The number of halogens is 1. The average Bonchev–Trinajstić information content (AvgIpc) is 2.06. The largest absolute Gasteiger partial charge is 0.437 e. The third-order valence-corrected chi connectivity index (χ3v) is 3.81. The zero-order valence-electron chi connectivity index (χ0n) is 7.25. The van der Waals surface area contributed by atoms with E-state index in [1.165, 1.54) is 12.1 Å². The zero-order chi connectivity index (χ0) is 11.5. The molecule has 0 aliphatic rings. The van der Waals surface area contributed by atoms with E-state index < -0.39 is 16.0 Å². The summed E-state index contributed by atoms with van der Waals surface area (Å²) in [4.78, 5) is 17.4. The van der Waals surface area contributed by atoms with E-state index in [2.05, 4.69) is 4.31 Å². The van der Waals surface area contributed by atoms with Crippen LogP contribution in [0.15, 0.2) is 24.3 Å². The minimum absolute atomic E-state index is 0. The molecule has 1 rings (SSSR count). The summed E-state index contributed by atoms with van der Waals surface area (Å²) in [5.74, 6) is 0. The van der Waals surface area contributed by atoms with Gasteiger partial charge in [-0.2, -0.15) is 0 Å². The van der Waals surface area contributed by atoms with Crippen LogP contribution in [0, 0.1) is 0 Å². The lowest BCUT2D eigenvalue weighted by Crippen LogP contribution is -1.97. The minimum Gasteiger partial charge on any atom is -0.326 e. The molecule has 9 heteroatoms. The number of nitrogens with one attached hydrogen (secondary N) is 1. The van der Waals surface area contributed by atoms with Gasteiger partial charge in [-0.15, -0.1) is 0 Å². The van der Waals surface area contributed by atoms with Gasteiger partial charge in [0.25, 0.3) is 0 Å². The lowest BCUT2D eigenvalue weighted by Gasteiger charge is -2.12. The third kappa shape index (κ3) is 5.12. The van der Waals surface area contributed by atoms with Gasteiger partial charge in [0, 0.05) is 0 Å². The topological polar surface area (TPSA) is 95.9 Å². The molecule has 16 heavy (non-hydrogen) atoms. The van der Waals surface area contributed by atoms with Crippen molar-refractivity contribution in [2.24, 2.45) is 0 Å². The molecule has 0 aromatic heterocycles. The number of hydrogen-bond acceptors (Lipinski definition) is 3. The van der Waals surface area contributed by atoms with E-state index >= 15 is 0 Å². The molecular weight excluding hydrogens is 275 g/mol. The molecule has 92 valence electrons. The van der Waals surface area contributed by atoms with Crippen LogP contribution in [0.3, 0.4) is 0 Å². The Morgan fingerprint density at radius 3 is 2.50 bits per heavy atom. The van der Waals surface area contributed by atoms with Crippen LogP contribution in [0.25, 0.3) is 0 Å². The van der Waals surface area contributed by atoms with Crippen LogP contribution in [0.1, 0.15) is 7.43 Å². The van der Waals surface area contributed by atoms with Crippen LogP contribution >= 0.6 is 27.6 Å². The molecule has 0 amide bonds. The predicted molar refractivity (Wildman–Crippen MR) is 63.9 cm³/mol. The van der Waals surface area contributed by atoms with Crippen molar-refractivity contribution in [3.63, 3.8) is 0 Å². The summed E-state index contributed by atoms with van der Waals surface area (Å²) in [6.45, 7) is 0. The lowest BCUT2D eigenvalue weighted by molar-refractivity contribution is 0.355. The van der Waals surface area contributed by atoms with Gasteiger partial charge in [0.05, 0.1) is 10.7 Å². The maximum absolute atomic E-state index is 11.2. The first kappa shape index (κ1) is 15.7. The molecule has 1 aromatic rings. The number of anilines is 1. The predicted octanol–water partition coefficient (Wildman–Crippen LogP) is 2.89. The molecule has 3 N–H and O–H groups in total. The standard InChI is InChI=1S/C6H8ClNO5P2.CH4/c7-5-3-1-2-4-6(5)8-15(11,12)13-14(9)10;/h1-4,14H,(H,9,10)(H2,8,11,12);1H4. The van der Waals surface area contributed by atoms with Crippen molar-refractivity contribution in [3.8, 4) is 0 Å². The summed E-state index contributed by atoms with van der Waals surface area (Å²) < 4.78 is 25.4. The highest BCUT2D eigenvalue weighted by molar-refractivity contribution is 7.60. The molecule has 0 aliphatic heterocycles. The number of rotatable bonds is 4. The summed E-state index contributed by atoms with van der Waals surface area (Å²) in [5, 5.41) is 2.24. The average molecular weight is 288 g/mol. The molecule has 0 radical (unpaired) electrons. The van der Waals surface area contributed by atoms with Crippen LogP contribution in [0.4, 0.5) is 5.69 Å². The van der Waals surface area contributed by atoms with Gasteiger partial charge in [-0.1, -0.05) is 31.2 Å². The molecule has 0 fully saturated rings. The van der Waals surface area contributed by atoms with E-state index in [1.807, 2.05) is 5.09 Å². The molecule has 1 aromatic carbocycles. The molecule has 0 saturated carbocycles. The third-order valence-electron chi connectivity index (χ3n) is 1.34. The Morgan fingerprint density at radius 1 is 1.44 bits per heavy atom. The van der Waals surface area contributed by atoms with E-state index in [4.69, 9.17) is 21.4 Å². The molecule has 0 bridgehead atoms. The Hall–Kier alpha value is -0.350. The first-order valence-corrected chi connectivity index (χ1v) is 6.91. The molecule has 2 atom stereocenters. The van der Waals surface area contributed by atoms with Gasteiger partial charge in [0.2, 0.25) is 0 Å². The fourth-order valence-corrected chi connectivity index (χ4v) is 2.61. The summed E-state index contributed by atoms with van der Waals surface area (Å²) in [6.07, 6.45) is 0. The van der Waals surface area contributed by atoms with Gasteiger partial charge < -0.3 is 9.79 Å². The number of benzene rings is 1. The van der Waals surface area contributed by atoms with Gasteiger partial charge in [0.1, 0.15) is 0 Å². The van der Waals surface area contributed by atoms with E-state index in [0.717, 1.165) is 0 Å². The maximum atomic E-state index is 11.2. The molecule has 6 nitrogen and oxygen atoms in total. The first-order valence-electron chi connectivity index (χ1n) is 3.69. The Morgan fingerprint density at radius 2 is 2.00 bits per heavy atom. The van der Waals surface area contributed by atoms with E-state index in [1.54, 1.807) is 12.1 Å². The van der Waals surface area contributed by atoms with Crippen molar-refractivity contribution in [2.75, 3.05) is 5.09 Å².